The van der Waals surface area contributed by atoms with Crippen LogP contribution < -0.4 is 0 Å². The lowest BCUT2D eigenvalue weighted by atomic mass is 10.0. The summed E-state index contributed by atoms with van der Waals surface area (Å²) in [5, 5.41) is 4.61. The van der Waals surface area contributed by atoms with Gasteiger partial charge in [0, 0.05) is 18.7 Å². The first-order valence-corrected chi connectivity index (χ1v) is 12.0. The molecule has 1 amide bonds. The zero-order valence-electron chi connectivity index (χ0n) is 17.9. The average Bonchev–Trinajstić information content (AvgIpc) is 3.20. The first-order valence-electron chi connectivity index (χ1n) is 10.3. The van der Waals surface area contributed by atoms with Crippen LogP contribution in [-0.4, -0.2) is 58.6 Å². The summed E-state index contributed by atoms with van der Waals surface area (Å²) in [6.45, 7) is 8.65. The Morgan fingerprint density at radius 1 is 1.20 bits per heavy atom. The molecule has 162 valence electrons. The zero-order valence-corrected chi connectivity index (χ0v) is 18.7. The van der Waals surface area contributed by atoms with E-state index in [9.17, 15) is 13.2 Å². The number of ether oxygens (including phenoxy) is 1. The summed E-state index contributed by atoms with van der Waals surface area (Å²) in [4.78, 5) is 19.1. The Labute approximate surface area is 177 Å². The third-order valence-electron chi connectivity index (χ3n) is 5.49. The Balaban J connectivity index is 1.54. The molecular weight excluding hydrogens is 404 g/mol. The highest BCUT2D eigenvalue weighted by molar-refractivity contribution is 7.91. The van der Waals surface area contributed by atoms with Crippen molar-refractivity contribution in [3.63, 3.8) is 0 Å². The summed E-state index contributed by atoms with van der Waals surface area (Å²) in [6, 6.07) is 5.55. The quantitative estimate of drug-likeness (QED) is 0.724. The van der Waals surface area contributed by atoms with E-state index in [4.69, 9.17) is 4.74 Å². The molecule has 1 aromatic carbocycles. The molecule has 2 aromatic rings. The average molecular weight is 433 g/mol. The summed E-state index contributed by atoms with van der Waals surface area (Å²) < 4.78 is 31.6. The SMILES string of the molecule is Cc1nc(-c2ccc3c(c2)CCS3(=O)=O)n(C2CCN(C(=O)OC(C)(C)C)CC2)n1. The molecule has 0 saturated carbocycles. The molecule has 1 aromatic heterocycles. The smallest absolute Gasteiger partial charge is 0.410 e. The fraction of sp³-hybridized carbons (Fsp3) is 0.571. The Morgan fingerprint density at radius 3 is 2.57 bits per heavy atom. The van der Waals surface area contributed by atoms with Gasteiger partial charge in [0.1, 0.15) is 11.4 Å². The van der Waals surface area contributed by atoms with Gasteiger partial charge < -0.3 is 9.64 Å². The van der Waals surface area contributed by atoms with Crippen LogP contribution in [0.1, 0.15) is 51.0 Å². The van der Waals surface area contributed by atoms with Crippen LogP contribution in [0.5, 0.6) is 0 Å². The molecule has 0 N–H and O–H groups in total. The number of aromatic nitrogens is 3. The van der Waals surface area contributed by atoms with Crippen LogP contribution in [-0.2, 0) is 21.0 Å². The predicted molar refractivity (Wildman–Crippen MR) is 112 cm³/mol. The number of aryl methyl sites for hydroxylation is 2. The minimum absolute atomic E-state index is 0.122. The number of rotatable bonds is 2. The number of nitrogens with zero attached hydrogens (tertiary/aromatic N) is 4. The molecule has 4 rings (SSSR count). The maximum Gasteiger partial charge on any atom is 0.410 e. The number of carbonyl (C=O) groups excluding carboxylic acids is 1. The standard InChI is InChI=1S/C21H28N4O4S/c1-14-22-19(16-5-6-18-15(13-16)9-12-30(18,27)28)25(23-14)17-7-10-24(11-8-17)20(26)29-21(2,3)4/h5-6,13,17H,7-12H2,1-4H3. The third kappa shape index (κ3) is 4.08. The van der Waals surface area contributed by atoms with Crippen molar-refractivity contribution < 1.29 is 17.9 Å². The van der Waals surface area contributed by atoms with E-state index in [0.29, 0.717) is 30.2 Å². The Bertz CT molecular complexity index is 1080. The minimum Gasteiger partial charge on any atom is -0.444 e. The van der Waals surface area contributed by atoms with Crippen molar-refractivity contribution in [3.05, 3.63) is 29.6 Å². The highest BCUT2D eigenvalue weighted by atomic mass is 32.2. The first kappa shape index (κ1) is 20.8. The van der Waals surface area contributed by atoms with Crippen LogP contribution in [0.25, 0.3) is 11.4 Å². The van der Waals surface area contributed by atoms with Crippen LogP contribution in [0, 0.1) is 6.92 Å². The summed E-state index contributed by atoms with van der Waals surface area (Å²) in [6.07, 6.45) is 1.77. The van der Waals surface area contributed by atoms with Gasteiger partial charge >= 0.3 is 6.09 Å². The molecule has 0 atom stereocenters. The molecule has 30 heavy (non-hydrogen) atoms. The lowest BCUT2D eigenvalue weighted by Gasteiger charge is -2.33. The van der Waals surface area contributed by atoms with Gasteiger partial charge in [-0.25, -0.2) is 22.9 Å². The molecule has 1 saturated heterocycles. The van der Waals surface area contributed by atoms with Crippen molar-refractivity contribution in [2.24, 2.45) is 0 Å². The van der Waals surface area contributed by atoms with E-state index in [2.05, 4.69) is 10.1 Å². The van der Waals surface area contributed by atoms with E-state index in [-0.39, 0.29) is 17.9 Å². The molecule has 0 aliphatic carbocycles. The zero-order chi connectivity index (χ0) is 21.7. The van der Waals surface area contributed by atoms with Crippen LogP contribution >= 0.6 is 0 Å². The van der Waals surface area contributed by atoms with Crippen LogP contribution in [0.4, 0.5) is 4.79 Å². The first-order chi connectivity index (χ1) is 14.0. The number of hydrogen-bond acceptors (Lipinski definition) is 6. The highest BCUT2D eigenvalue weighted by Crippen LogP contribution is 2.32. The maximum absolute atomic E-state index is 12.3. The van der Waals surface area contributed by atoms with Crippen molar-refractivity contribution in [2.75, 3.05) is 18.8 Å². The van der Waals surface area contributed by atoms with Crippen molar-refractivity contribution in [3.8, 4) is 11.4 Å². The number of likely N-dealkylation sites (tertiary alicyclic amines) is 1. The van der Waals surface area contributed by atoms with Gasteiger partial charge in [0.15, 0.2) is 15.7 Å². The maximum atomic E-state index is 12.3. The molecule has 0 spiro atoms. The number of piperidine rings is 1. The monoisotopic (exact) mass is 432 g/mol. The molecule has 0 radical (unpaired) electrons. The van der Waals surface area contributed by atoms with Gasteiger partial charge in [0.05, 0.1) is 16.7 Å². The van der Waals surface area contributed by atoms with Gasteiger partial charge in [0.2, 0.25) is 0 Å². The van der Waals surface area contributed by atoms with Gasteiger partial charge in [-0.15, -0.1) is 0 Å². The van der Waals surface area contributed by atoms with E-state index in [1.807, 2.05) is 44.5 Å². The summed E-state index contributed by atoms with van der Waals surface area (Å²) >= 11 is 0. The predicted octanol–water partition coefficient (Wildman–Crippen LogP) is 3.16. The second kappa shape index (κ2) is 7.37. The fourth-order valence-corrected chi connectivity index (χ4v) is 5.62. The number of hydrogen-bond donors (Lipinski definition) is 0. The normalized spacial score (nSPS) is 19.0. The van der Waals surface area contributed by atoms with Crippen molar-refractivity contribution in [2.45, 2.75) is 63.5 Å². The molecule has 2 aliphatic rings. The number of fused-ring (bicyclic) bond motifs is 1. The molecule has 2 aliphatic heterocycles. The molecule has 9 heteroatoms. The molecule has 0 unspecified atom stereocenters. The molecular formula is C21H28N4O4S. The fourth-order valence-electron chi connectivity index (χ4n) is 4.07. The number of sulfone groups is 1. The second-order valence-electron chi connectivity index (χ2n) is 9.02. The number of benzene rings is 1. The van der Waals surface area contributed by atoms with E-state index < -0.39 is 15.4 Å². The largest absolute Gasteiger partial charge is 0.444 e. The van der Waals surface area contributed by atoms with E-state index in [1.165, 1.54) is 0 Å². The van der Waals surface area contributed by atoms with Crippen molar-refractivity contribution in [1.29, 1.82) is 0 Å². The van der Waals surface area contributed by atoms with Crippen LogP contribution in [0.15, 0.2) is 23.1 Å². The van der Waals surface area contributed by atoms with Crippen LogP contribution in [0.3, 0.4) is 0 Å². The second-order valence-corrected chi connectivity index (χ2v) is 11.1. The van der Waals surface area contributed by atoms with Crippen LogP contribution in [0.2, 0.25) is 0 Å². The molecule has 1 fully saturated rings. The van der Waals surface area contributed by atoms with E-state index in [1.54, 1.807) is 11.0 Å². The van der Waals surface area contributed by atoms with Gasteiger partial charge in [-0.2, -0.15) is 5.10 Å². The Morgan fingerprint density at radius 2 is 1.90 bits per heavy atom. The Hall–Kier alpha value is -2.42. The summed E-state index contributed by atoms with van der Waals surface area (Å²) in [5.41, 5.74) is 1.21. The molecule has 3 heterocycles. The van der Waals surface area contributed by atoms with Gasteiger partial charge in [-0.3, -0.25) is 0 Å². The third-order valence-corrected chi connectivity index (χ3v) is 7.30. The topological polar surface area (TPSA) is 94.4 Å². The van der Waals surface area contributed by atoms with Gasteiger partial charge in [0.25, 0.3) is 0 Å². The van der Waals surface area contributed by atoms with Gasteiger partial charge in [-0.1, -0.05) is 0 Å². The van der Waals surface area contributed by atoms with Crippen molar-refractivity contribution in [1.82, 2.24) is 19.7 Å². The number of carbonyl (C=O) groups is 1. The van der Waals surface area contributed by atoms with E-state index in [0.717, 1.165) is 29.8 Å². The van der Waals surface area contributed by atoms with Crippen molar-refractivity contribution >= 4 is 15.9 Å². The molecule has 8 nitrogen and oxygen atoms in total. The Kier molecular flexibility index (Phi) is 5.12. The lowest BCUT2D eigenvalue weighted by molar-refractivity contribution is 0.0185. The highest BCUT2D eigenvalue weighted by Gasteiger charge is 2.30. The van der Waals surface area contributed by atoms with Gasteiger partial charge in [-0.05, 0) is 70.7 Å². The number of amides is 1. The van der Waals surface area contributed by atoms with E-state index >= 15 is 0 Å². The minimum atomic E-state index is -3.15. The molecule has 0 bridgehead atoms. The summed E-state index contributed by atoms with van der Waals surface area (Å²) in [5.74, 6) is 1.59. The summed E-state index contributed by atoms with van der Waals surface area (Å²) in [7, 11) is -3.15. The lowest BCUT2D eigenvalue weighted by Crippen LogP contribution is -2.42.